The van der Waals surface area contributed by atoms with Gasteiger partial charge in [0.2, 0.25) is 11.2 Å². The number of nitrogens with zero attached hydrogens (tertiary/aromatic N) is 5. The average molecular weight is 464 g/mol. The third kappa shape index (κ3) is 3.68. The summed E-state index contributed by atoms with van der Waals surface area (Å²) in [5.41, 5.74) is 7.27. The topological polar surface area (TPSA) is 112 Å². The van der Waals surface area contributed by atoms with Gasteiger partial charge in [-0.25, -0.2) is 18.7 Å². The second kappa shape index (κ2) is 7.65. The maximum atomic E-state index is 13.4. The SMILES string of the molecule is Nc1nc(Cl)nc2c1ncn2C1CCC(C(=O)Nc2nc3cc(F)c(F)cc3s2)CC1. The van der Waals surface area contributed by atoms with Crippen LogP contribution < -0.4 is 11.1 Å². The van der Waals surface area contributed by atoms with Crippen molar-refractivity contribution in [2.45, 2.75) is 31.7 Å². The third-order valence-corrected chi connectivity index (χ3v) is 6.65. The van der Waals surface area contributed by atoms with Gasteiger partial charge >= 0.3 is 0 Å². The van der Waals surface area contributed by atoms with Crippen LogP contribution in [0.1, 0.15) is 31.7 Å². The lowest BCUT2D eigenvalue weighted by molar-refractivity contribution is -0.120. The molecule has 160 valence electrons. The predicted molar refractivity (Wildman–Crippen MR) is 114 cm³/mol. The molecule has 0 unspecified atom stereocenters. The van der Waals surface area contributed by atoms with Gasteiger partial charge in [-0.05, 0) is 43.4 Å². The van der Waals surface area contributed by atoms with Crippen molar-refractivity contribution < 1.29 is 13.6 Å². The van der Waals surface area contributed by atoms with Crippen molar-refractivity contribution in [3.05, 3.63) is 35.4 Å². The van der Waals surface area contributed by atoms with E-state index in [0.717, 1.165) is 36.3 Å². The van der Waals surface area contributed by atoms with Crippen molar-refractivity contribution in [1.82, 2.24) is 24.5 Å². The number of carbonyl (C=O) groups is 1. The fourth-order valence-electron chi connectivity index (χ4n) is 3.98. The number of anilines is 2. The molecule has 0 atom stereocenters. The summed E-state index contributed by atoms with van der Waals surface area (Å²) in [5.74, 6) is -2.00. The Labute approximate surface area is 183 Å². The third-order valence-electron chi connectivity index (χ3n) is 5.54. The number of amides is 1. The lowest BCUT2D eigenvalue weighted by atomic mass is 9.85. The number of hydrogen-bond acceptors (Lipinski definition) is 7. The second-order valence-corrected chi connectivity index (χ2v) is 8.82. The zero-order valence-electron chi connectivity index (χ0n) is 16.0. The van der Waals surface area contributed by atoms with Crippen LogP contribution in [0.3, 0.4) is 0 Å². The first kappa shape index (κ1) is 20.0. The van der Waals surface area contributed by atoms with E-state index in [0.29, 0.717) is 39.4 Å². The molecular weight excluding hydrogens is 448 g/mol. The molecule has 1 amide bonds. The van der Waals surface area contributed by atoms with E-state index in [2.05, 4.69) is 25.3 Å². The van der Waals surface area contributed by atoms with Crippen LogP contribution in [0, 0.1) is 17.6 Å². The van der Waals surface area contributed by atoms with Gasteiger partial charge in [0, 0.05) is 18.0 Å². The lowest BCUT2D eigenvalue weighted by Gasteiger charge is -2.28. The van der Waals surface area contributed by atoms with E-state index in [9.17, 15) is 13.6 Å². The van der Waals surface area contributed by atoms with Crippen molar-refractivity contribution in [3.63, 3.8) is 0 Å². The van der Waals surface area contributed by atoms with Crippen molar-refractivity contribution in [2.24, 2.45) is 5.92 Å². The number of hydrogen-bond donors (Lipinski definition) is 2. The monoisotopic (exact) mass is 463 g/mol. The van der Waals surface area contributed by atoms with Crippen LogP contribution in [0.4, 0.5) is 19.7 Å². The van der Waals surface area contributed by atoms with Gasteiger partial charge in [0.05, 0.1) is 16.5 Å². The molecule has 0 radical (unpaired) electrons. The Morgan fingerprint density at radius 3 is 2.68 bits per heavy atom. The Bertz CT molecular complexity index is 1280. The summed E-state index contributed by atoms with van der Waals surface area (Å²) in [7, 11) is 0. The second-order valence-electron chi connectivity index (χ2n) is 7.45. The molecule has 3 N–H and O–H groups in total. The van der Waals surface area contributed by atoms with E-state index in [4.69, 9.17) is 17.3 Å². The Balaban J connectivity index is 1.27. The van der Waals surface area contributed by atoms with E-state index in [1.54, 1.807) is 6.33 Å². The predicted octanol–water partition coefficient (Wildman–Crippen LogP) is 4.32. The van der Waals surface area contributed by atoms with E-state index < -0.39 is 11.6 Å². The minimum atomic E-state index is -0.964. The fraction of sp³-hybridized carbons (Fsp3) is 0.316. The van der Waals surface area contributed by atoms with Gasteiger partial charge in [-0.15, -0.1) is 0 Å². The highest BCUT2D eigenvalue weighted by Crippen LogP contribution is 2.35. The molecule has 31 heavy (non-hydrogen) atoms. The van der Waals surface area contributed by atoms with Gasteiger partial charge in [-0.3, -0.25) is 4.79 Å². The maximum Gasteiger partial charge on any atom is 0.229 e. The Morgan fingerprint density at radius 2 is 1.90 bits per heavy atom. The molecule has 1 aliphatic carbocycles. The zero-order valence-corrected chi connectivity index (χ0v) is 17.6. The number of benzene rings is 1. The van der Waals surface area contributed by atoms with Crippen LogP contribution in [-0.4, -0.2) is 30.4 Å². The molecule has 1 saturated carbocycles. The Hall–Kier alpha value is -2.92. The average Bonchev–Trinajstić information content (AvgIpc) is 3.32. The molecule has 8 nitrogen and oxygen atoms in total. The first-order valence-electron chi connectivity index (χ1n) is 9.61. The van der Waals surface area contributed by atoms with E-state index in [1.165, 1.54) is 0 Å². The summed E-state index contributed by atoms with van der Waals surface area (Å²) in [6.07, 6.45) is 4.51. The van der Waals surface area contributed by atoms with Crippen molar-refractivity contribution in [1.29, 1.82) is 0 Å². The van der Waals surface area contributed by atoms with Crippen molar-refractivity contribution in [2.75, 3.05) is 11.1 Å². The summed E-state index contributed by atoms with van der Waals surface area (Å²) in [6.45, 7) is 0. The quantitative estimate of drug-likeness (QED) is 0.437. The normalized spacial score (nSPS) is 19.2. The van der Waals surface area contributed by atoms with E-state index >= 15 is 0 Å². The highest BCUT2D eigenvalue weighted by atomic mass is 35.5. The molecule has 1 aromatic carbocycles. The minimum Gasteiger partial charge on any atom is -0.382 e. The number of nitrogens with one attached hydrogen (secondary N) is 1. The smallest absolute Gasteiger partial charge is 0.229 e. The molecule has 1 aliphatic rings. The van der Waals surface area contributed by atoms with Crippen LogP contribution >= 0.6 is 22.9 Å². The van der Waals surface area contributed by atoms with Gasteiger partial charge in [-0.2, -0.15) is 9.97 Å². The lowest BCUT2D eigenvalue weighted by Crippen LogP contribution is -2.28. The first-order chi connectivity index (χ1) is 14.9. The van der Waals surface area contributed by atoms with Crippen LogP contribution in [0.5, 0.6) is 0 Å². The number of thiazole rings is 1. The highest BCUT2D eigenvalue weighted by molar-refractivity contribution is 7.22. The molecule has 4 aromatic rings. The molecular formula is C19H16ClF2N7OS. The fourth-order valence-corrected chi connectivity index (χ4v) is 5.03. The van der Waals surface area contributed by atoms with Gasteiger partial charge in [0.25, 0.3) is 0 Å². The standard InChI is InChI=1S/C19H16ClF2N7OS/c20-18-26-15(23)14-16(27-18)29(7-24-14)9-3-1-8(2-4-9)17(30)28-19-25-12-5-10(21)11(22)6-13(12)31-19/h5-9H,1-4H2,(H2,23,26,27)(H,25,28,30). The largest absolute Gasteiger partial charge is 0.382 e. The molecule has 3 aromatic heterocycles. The number of nitrogen functional groups attached to an aromatic ring is 1. The molecule has 0 saturated heterocycles. The highest BCUT2D eigenvalue weighted by Gasteiger charge is 2.29. The number of imidazole rings is 1. The van der Waals surface area contributed by atoms with Crippen LogP contribution in [0.15, 0.2) is 18.5 Å². The minimum absolute atomic E-state index is 0.0652. The van der Waals surface area contributed by atoms with Crippen molar-refractivity contribution >= 4 is 61.2 Å². The summed E-state index contributed by atoms with van der Waals surface area (Å²) >= 11 is 7.05. The van der Waals surface area contributed by atoms with E-state index in [-0.39, 0.29) is 29.0 Å². The van der Waals surface area contributed by atoms with E-state index in [1.807, 2.05) is 4.57 Å². The van der Waals surface area contributed by atoms with Gasteiger partial charge in [-0.1, -0.05) is 11.3 Å². The Morgan fingerprint density at radius 1 is 1.16 bits per heavy atom. The van der Waals surface area contributed by atoms with Crippen LogP contribution in [0.2, 0.25) is 5.28 Å². The van der Waals surface area contributed by atoms with Gasteiger partial charge in [0.1, 0.15) is 5.52 Å². The molecule has 3 heterocycles. The number of fused-ring (bicyclic) bond motifs is 2. The zero-order chi connectivity index (χ0) is 21.7. The Kier molecular flexibility index (Phi) is 4.94. The summed E-state index contributed by atoms with van der Waals surface area (Å²) in [4.78, 5) is 29.4. The number of nitrogens with two attached hydrogens (primary N) is 1. The molecule has 1 fully saturated rings. The van der Waals surface area contributed by atoms with Crippen LogP contribution in [0.25, 0.3) is 21.4 Å². The van der Waals surface area contributed by atoms with Gasteiger partial charge < -0.3 is 15.6 Å². The number of aromatic nitrogens is 5. The number of rotatable bonds is 3. The molecule has 0 aliphatic heterocycles. The maximum absolute atomic E-state index is 13.4. The summed E-state index contributed by atoms with van der Waals surface area (Å²) in [6, 6.07) is 2.23. The van der Waals surface area contributed by atoms with Crippen LogP contribution in [-0.2, 0) is 4.79 Å². The molecule has 12 heteroatoms. The first-order valence-corrected chi connectivity index (χ1v) is 10.8. The van der Waals surface area contributed by atoms with Crippen molar-refractivity contribution in [3.8, 4) is 0 Å². The molecule has 0 spiro atoms. The number of halogens is 3. The molecule has 0 bridgehead atoms. The molecule has 5 rings (SSSR count). The summed E-state index contributed by atoms with van der Waals surface area (Å²) < 4.78 is 29.2. The number of carbonyl (C=O) groups excluding carboxylic acids is 1. The van der Waals surface area contributed by atoms with Gasteiger partial charge in [0.15, 0.2) is 28.2 Å². The summed E-state index contributed by atoms with van der Waals surface area (Å²) in [5, 5.41) is 3.18.